The number of anilines is 1. The average Bonchev–Trinajstić information content (AvgIpc) is 2.38. The standard InChI is InChI=1S/C12H17BrN2O4S/c1-10(16)15-11-2-4-12(5-3-11)20(17,18)14-7-9-19-8-6-13/h2-5,14H,6-9H2,1H3,(H,15,16). The Morgan fingerprint density at radius 3 is 2.45 bits per heavy atom. The van der Waals surface area contributed by atoms with E-state index in [2.05, 4.69) is 26.0 Å². The van der Waals surface area contributed by atoms with Crippen LogP contribution in [-0.4, -0.2) is 39.4 Å². The van der Waals surface area contributed by atoms with Gasteiger partial charge < -0.3 is 10.1 Å². The van der Waals surface area contributed by atoms with Crippen molar-refractivity contribution < 1.29 is 17.9 Å². The van der Waals surface area contributed by atoms with Gasteiger partial charge in [-0.2, -0.15) is 0 Å². The molecule has 0 spiro atoms. The molecular weight excluding hydrogens is 348 g/mol. The van der Waals surface area contributed by atoms with Crippen LogP contribution in [0.3, 0.4) is 0 Å². The van der Waals surface area contributed by atoms with E-state index in [-0.39, 0.29) is 17.3 Å². The Hall–Kier alpha value is -0.960. The molecule has 0 bridgehead atoms. The lowest BCUT2D eigenvalue weighted by Gasteiger charge is -2.08. The van der Waals surface area contributed by atoms with Gasteiger partial charge >= 0.3 is 0 Å². The molecule has 2 N–H and O–H groups in total. The van der Waals surface area contributed by atoms with Gasteiger partial charge in [0.15, 0.2) is 0 Å². The number of benzene rings is 1. The second-order valence-corrected chi connectivity index (χ2v) is 6.46. The first-order valence-electron chi connectivity index (χ1n) is 5.97. The molecule has 1 aromatic carbocycles. The van der Waals surface area contributed by atoms with Crippen molar-refractivity contribution >= 4 is 37.5 Å². The summed E-state index contributed by atoms with van der Waals surface area (Å²) >= 11 is 3.21. The highest BCUT2D eigenvalue weighted by Crippen LogP contribution is 2.13. The fourth-order valence-corrected chi connectivity index (χ4v) is 2.65. The van der Waals surface area contributed by atoms with E-state index in [0.29, 0.717) is 24.2 Å². The largest absolute Gasteiger partial charge is 0.379 e. The predicted octanol–water partition coefficient (Wildman–Crippen LogP) is 1.33. The van der Waals surface area contributed by atoms with Crippen LogP contribution in [0.1, 0.15) is 6.92 Å². The summed E-state index contributed by atoms with van der Waals surface area (Å²) in [6.45, 7) is 2.45. The Balaban J connectivity index is 2.56. The number of halogens is 1. The number of carbonyl (C=O) groups excluding carboxylic acids is 1. The number of hydrogen-bond donors (Lipinski definition) is 2. The summed E-state index contributed by atoms with van der Waals surface area (Å²) in [5.41, 5.74) is 0.553. The molecule has 0 saturated carbocycles. The van der Waals surface area contributed by atoms with Gasteiger partial charge in [-0.15, -0.1) is 0 Å². The molecule has 8 heteroatoms. The Morgan fingerprint density at radius 2 is 1.90 bits per heavy atom. The van der Waals surface area contributed by atoms with Gasteiger partial charge in [0.25, 0.3) is 0 Å². The van der Waals surface area contributed by atoms with Crippen LogP contribution in [0.15, 0.2) is 29.2 Å². The summed E-state index contributed by atoms with van der Waals surface area (Å²) in [6.07, 6.45) is 0. The number of ether oxygens (including phenoxy) is 1. The van der Waals surface area contributed by atoms with Gasteiger partial charge in [-0.25, -0.2) is 13.1 Å². The van der Waals surface area contributed by atoms with E-state index in [4.69, 9.17) is 4.74 Å². The number of rotatable bonds is 8. The Kier molecular flexibility index (Phi) is 7.14. The highest BCUT2D eigenvalue weighted by atomic mass is 79.9. The highest BCUT2D eigenvalue weighted by Gasteiger charge is 2.13. The minimum Gasteiger partial charge on any atom is -0.379 e. The highest BCUT2D eigenvalue weighted by molar-refractivity contribution is 9.09. The quantitative estimate of drug-likeness (QED) is 0.538. The molecule has 0 atom stereocenters. The third-order valence-corrected chi connectivity index (χ3v) is 4.05. The molecule has 1 amide bonds. The Labute approximate surface area is 127 Å². The van der Waals surface area contributed by atoms with Crippen molar-refractivity contribution in [3.63, 3.8) is 0 Å². The summed E-state index contributed by atoms with van der Waals surface area (Å²) in [5, 5.41) is 3.28. The molecule has 0 heterocycles. The minimum absolute atomic E-state index is 0.145. The Morgan fingerprint density at radius 1 is 1.25 bits per heavy atom. The molecule has 0 saturated heterocycles. The topological polar surface area (TPSA) is 84.5 Å². The SMILES string of the molecule is CC(=O)Nc1ccc(S(=O)(=O)NCCOCCBr)cc1. The molecule has 0 aliphatic heterocycles. The zero-order valence-electron chi connectivity index (χ0n) is 11.1. The summed E-state index contributed by atoms with van der Waals surface area (Å²) in [6, 6.07) is 5.95. The molecule has 1 aromatic rings. The van der Waals surface area contributed by atoms with Crippen molar-refractivity contribution in [1.29, 1.82) is 0 Å². The van der Waals surface area contributed by atoms with Crippen molar-refractivity contribution in [3.8, 4) is 0 Å². The van der Waals surface area contributed by atoms with Gasteiger partial charge in [-0.3, -0.25) is 4.79 Å². The van der Waals surface area contributed by atoms with Gasteiger partial charge in [0.2, 0.25) is 15.9 Å². The van der Waals surface area contributed by atoms with Crippen LogP contribution in [-0.2, 0) is 19.6 Å². The van der Waals surface area contributed by atoms with E-state index in [0.717, 1.165) is 0 Å². The van der Waals surface area contributed by atoms with Crippen molar-refractivity contribution in [2.45, 2.75) is 11.8 Å². The summed E-state index contributed by atoms with van der Waals surface area (Å²) in [7, 11) is -3.55. The number of alkyl halides is 1. The second kappa shape index (κ2) is 8.35. The number of sulfonamides is 1. The fourth-order valence-electron chi connectivity index (χ4n) is 1.41. The van der Waals surface area contributed by atoms with E-state index >= 15 is 0 Å². The maximum absolute atomic E-state index is 11.9. The van der Waals surface area contributed by atoms with Crippen molar-refractivity contribution in [2.75, 3.05) is 30.4 Å². The first-order chi connectivity index (χ1) is 9.45. The van der Waals surface area contributed by atoms with Crippen LogP contribution in [0.2, 0.25) is 0 Å². The molecule has 0 unspecified atom stereocenters. The lowest BCUT2D eigenvalue weighted by molar-refractivity contribution is -0.114. The lowest BCUT2D eigenvalue weighted by atomic mass is 10.3. The number of carbonyl (C=O) groups is 1. The van der Waals surface area contributed by atoms with Crippen LogP contribution >= 0.6 is 15.9 Å². The third-order valence-electron chi connectivity index (χ3n) is 2.24. The minimum atomic E-state index is -3.55. The van der Waals surface area contributed by atoms with Gasteiger partial charge in [0.1, 0.15) is 0 Å². The van der Waals surface area contributed by atoms with Crippen LogP contribution < -0.4 is 10.0 Å². The maximum Gasteiger partial charge on any atom is 0.240 e. The molecule has 0 fully saturated rings. The number of amides is 1. The molecule has 6 nitrogen and oxygen atoms in total. The Bertz CT molecular complexity index is 531. The van der Waals surface area contributed by atoms with Gasteiger partial charge in [-0.05, 0) is 24.3 Å². The van der Waals surface area contributed by atoms with E-state index in [1.54, 1.807) is 0 Å². The maximum atomic E-state index is 11.9. The van der Waals surface area contributed by atoms with Crippen LogP contribution in [0.5, 0.6) is 0 Å². The predicted molar refractivity (Wildman–Crippen MR) is 80.5 cm³/mol. The zero-order chi connectivity index (χ0) is 15.0. The monoisotopic (exact) mass is 364 g/mol. The van der Waals surface area contributed by atoms with Crippen LogP contribution in [0, 0.1) is 0 Å². The van der Waals surface area contributed by atoms with E-state index in [1.165, 1.54) is 31.2 Å². The summed E-state index contributed by atoms with van der Waals surface area (Å²) in [5.74, 6) is -0.206. The molecule has 20 heavy (non-hydrogen) atoms. The van der Waals surface area contributed by atoms with Crippen molar-refractivity contribution in [2.24, 2.45) is 0 Å². The fraction of sp³-hybridized carbons (Fsp3) is 0.417. The first kappa shape index (κ1) is 17.1. The van der Waals surface area contributed by atoms with Crippen LogP contribution in [0.25, 0.3) is 0 Å². The van der Waals surface area contributed by atoms with Crippen molar-refractivity contribution in [1.82, 2.24) is 4.72 Å². The molecule has 0 aliphatic carbocycles. The average molecular weight is 365 g/mol. The molecular formula is C12H17BrN2O4S. The normalized spacial score (nSPS) is 11.3. The van der Waals surface area contributed by atoms with E-state index < -0.39 is 10.0 Å². The molecule has 0 aromatic heterocycles. The first-order valence-corrected chi connectivity index (χ1v) is 8.57. The molecule has 1 rings (SSSR count). The number of nitrogens with one attached hydrogen (secondary N) is 2. The van der Waals surface area contributed by atoms with Gasteiger partial charge in [0, 0.05) is 24.5 Å². The third kappa shape index (κ3) is 6.00. The zero-order valence-corrected chi connectivity index (χ0v) is 13.5. The van der Waals surface area contributed by atoms with E-state index in [9.17, 15) is 13.2 Å². The van der Waals surface area contributed by atoms with E-state index in [1.807, 2.05) is 0 Å². The summed E-state index contributed by atoms with van der Waals surface area (Å²) < 4.78 is 31.5. The number of hydrogen-bond acceptors (Lipinski definition) is 4. The van der Waals surface area contributed by atoms with Crippen molar-refractivity contribution in [3.05, 3.63) is 24.3 Å². The molecule has 0 radical (unpaired) electrons. The van der Waals surface area contributed by atoms with Gasteiger partial charge in [-0.1, -0.05) is 15.9 Å². The molecule has 0 aliphatic rings. The molecule has 112 valence electrons. The van der Waals surface area contributed by atoms with Crippen LogP contribution in [0.4, 0.5) is 5.69 Å². The second-order valence-electron chi connectivity index (χ2n) is 3.90. The summed E-state index contributed by atoms with van der Waals surface area (Å²) in [4.78, 5) is 11.0. The lowest BCUT2D eigenvalue weighted by Crippen LogP contribution is -2.27. The smallest absolute Gasteiger partial charge is 0.240 e. The van der Waals surface area contributed by atoms with Gasteiger partial charge in [0.05, 0.1) is 18.1 Å².